The molecule has 6 heteroatoms. The fourth-order valence-electron chi connectivity index (χ4n) is 1.93. The third-order valence-corrected chi connectivity index (χ3v) is 2.98. The lowest BCUT2D eigenvalue weighted by Gasteiger charge is -1.95. The molecule has 0 radical (unpaired) electrons. The Labute approximate surface area is 126 Å². The number of pyridine rings is 1. The molecular weight excluding hydrogens is 280 g/mol. The number of carbonyl (C=O) groups excluding carboxylic acids is 1. The molecule has 110 valence electrons. The van der Waals surface area contributed by atoms with Gasteiger partial charge < -0.3 is 9.73 Å². The number of hydrogen-bond acceptors (Lipinski definition) is 4. The van der Waals surface area contributed by atoms with E-state index < -0.39 is 0 Å². The molecule has 0 unspecified atom stereocenters. The van der Waals surface area contributed by atoms with Crippen LogP contribution in [0.15, 0.2) is 53.2 Å². The van der Waals surface area contributed by atoms with E-state index in [1.54, 1.807) is 30.6 Å². The first kappa shape index (κ1) is 13.8. The molecule has 0 atom stereocenters. The van der Waals surface area contributed by atoms with Gasteiger partial charge in [-0.2, -0.15) is 5.10 Å². The van der Waals surface area contributed by atoms with Crippen LogP contribution in [0.25, 0.3) is 17.3 Å². The molecule has 22 heavy (non-hydrogen) atoms. The van der Waals surface area contributed by atoms with Gasteiger partial charge in [0.15, 0.2) is 5.82 Å². The lowest BCUT2D eigenvalue weighted by molar-refractivity contribution is -0.111. The molecular formula is C16H14N4O2. The highest BCUT2D eigenvalue weighted by Crippen LogP contribution is 2.18. The van der Waals surface area contributed by atoms with Gasteiger partial charge >= 0.3 is 0 Å². The smallest absolute Gasteiger partial charge is 0.249 e. The number of aromatic amines is 1. The maximum atomic E-state index is 11.8. The van der Waals surface area contributed by atoms with Gasteiger partial charge in [-0.05, 0) is 37.3 Å². The van der Waals surface area contributed by atoms with Crippen LogP contribution in [-0.4, -0.2) is 21.1 Å². The minimum atomic E-state index is -0.276. The number of anilines is 1. The fraction of sp³-hybridized carbons (Fsp3) is 0.0625. The van der Waals surface area contributed by atoms with Gasteiger partial charge in [0.05, 0.1) is 5.69 Å². The highest BCUT2D eigenvalue weighted by atomic mass is 16.3. The van der Waals surface area contributed by atoms with Gasteiger partial charge in [0, 0.05) is 30.1 Å². The van der Waals surface area contributed by atoms with Crippen molar-refractivity contribution in [3.05, 3.63) is 60.3 Å². The van der Waals surface area contributed by atoms with E-state index in [0.717, 1.165) is 17.0 Å². The molecule has 2 N–H and O–H groups in total. The van der Waals surface area contributed by atoms with Crippen LogP contribution in [-0.2, 0) is 4.79 Å². The highest BCUT2D eigenvalue weighted by Gasteiger charge is 2.05. The molecule has 0 saturated carbocycles. The Morgan fingerprint density at radius 2 is 2.09 bits per heavy atom. The van der Waals surface area contributed by atoms with Crippen molar-refractivity contribution >= 4 is 17.8 Å². The molecule has 0 aliphatic heterocycles. The van der Waals surface area contributed by atoms with Crippen LogP contribution in [0.1, 0.15) is 11.5 Å². The lowest BCUT2D eigenvalue weighted by atomic mass is 10.2. The first-order valence-corrected chi connectivity index (χ1v) is 6.72. The molecule has 0 bridgehead atoms. The monoisotopic (exact) mass is 294 g/mol. The highest BCUT2D eigenvalue weighted by molar-refractivity contribution is 6.01. The summed E-state index contributed by atoms with van der Waals surface area (Å²) in [4.78, 5) is 15.8. The maximum Gasteiger partial charge on any atom is 0.249 e. The van der Waals surface area contributed by atoms with E-state index in [1.807, 2.05) is 25.1 Å². The molecule has 0 saturated heterocycles. The van der Waals surface area contributed by atoms with Gasteiger partial charge in [-0.25, -0.2) is 0 Å². The van der Waals surface area contributed by atoms with E-state index in [2.05, 4.69) is 20.5 Å². The summed E-state index contributed by atoms with van der Waals surface area (Å²) in [6, 6.07) is 9.12. The van der Waals surface area contributed by atoms with Crippen LogP contribution < -0.4 is 5.32 Å². The van der Waals surface area contributed by atoms with Gasteiger partial charge in [-0.1, -0.05) is 0 Å². The van der Waals surface area contributed by atoms with Crippen molar-refractivity contribution in [3.63, 3.8) is 0 Å². The summed E-state index contributed by atoms with van der Waals surface area (Å²) >= 11 is 0. The Morgan fingerprint density at radius 3 is 2.82 bits per heavy atom. The SMILES string of the molecule is Cc1ccc(/C=C/C(=O)Nc2cc(-c3ccncc3)[nH]n2)o1. The number of furan rings is 1. The van der Waals surface area contributed by atoms with Gasteiger partial charge in [0.25, 0.3) is 0 Å². The topological polar surface area (TPSA) is 83.8 Å². The molecule has 3 aromatic rings. The number of nitrogens with one attached hydrogen (secondary N) is 2. The average Bonchev–Trinajstić information content (AvgIpc) is 3.15. The number of aryl methyl sites for hydroxylation is 1. The second-order valence-electron chi connectivity index (χ2n) is 4.67. The summed E-state index contributed by atoms with van der Waals surface area (Å²) < 4.78 is 5.35. The zero-order valence-corrected chi connectivity index (χ0v) is 11.9. The number of hydrogen-bond donors (Lipinski definition) is 2. The number of carbonyl (C=O) groups is 1. The number of nitrogens with zero attached hydrogens (tertiary/aromatic N) is 2. The standard InChI is InChI=1S/C16H14N4O2/c1-11-2-3-13(22-11)4-5-16(21)18-15-10-14(19-20-15)12-6-8-17-9-7-12/h2-10H,1H3,(H2,18,19,20,21)/b5-4+. The summed E-state index contributed by atoms with van der Waals surface area (Å²) in [5.74, 6) is 1.61. The van der Waals surface area contributed by atoms with Crippen molar-refractivity contribution in [3.8, 4) is 11.3 Å². The fourth-order valence-corrected chi connectivity index (χ4v) is 1.93. The summed E-state index contributed by atoms with van der Waals surface area (Å²) in [6.45, 7) is 1.85. The third kappa shape index (κ3) is 3.29. The predicted molar refractivity (Wildman–Crippen MR) is 82.9 cm³/mol. The second kappa shape index (κ2) is 6.09. The largest absolute Gasteiger partial charge is 0.462 e. The van der Waals surface area contributed by atoms with E-state index in [0.29, 0.717) is 11.6 Å². The number of amides is 1. The van der Waals surface area contributed by atoms with Gasteiger partial charge in [0.2, 0.25) is 5.91 Å². The third-order valence-electron chi connectivity index (χ3n) is 2.98. The molecule has 6 nitrogen and oxygen atoms in total. The van der Waals surface area contributed by atoms with Crippen LogP contribution in [0, 0.1) is 6.92 Å². The van der Waals surface area contributed by atoms with E-state index in [1.165, 1.54) is 6.08 Å². The van der Waals surface area contributed by atoms with Crippen LogP contribution in [0.4, 0.5) is 5.82 Å². The zero-order chi connectivity index (χ0) is 15.4. The zero-order valence-electron chi connectivity index (χ0n) is 11.9. The van der Waals surface area contributed by atoms with Crippen molar-refractivity contribution < 1.29 is 9.21 Å². The lowest BCUT2D eigenvalue weighted by Crippen LogP contribution is -2.07. The maximum absolute atomic E-state index is 11.8. The second-order valence-corrected chi connectivity index (χ2v) is 4.67. The summed E-state index contributed by atoms with van der Waals surface area (Å²) in [6.07, 6.45) is 6.41. The normalized spacial score (nSPS) is 11.0. The molecule has 0 aliphatic carbocycles. The molecule has 3 heterocycles. The van der Waals surface area contributed by atoms with Crippen molar-refractivity contribution in [2.24, 2.45) is 0 Å². The molecule has 0 spiro atoms. The van der Waals surface area contributed by atoms with E-state index in [9.17, 15) is 4.79 Å². The van der Waals surface area contributed by atoms with Crippen LogP contribution >= 0.6 is 0 Å². The Bertz CT molecular complexity index is 802. The van der Waals surface area contributed by atoms with Crippen molar-refractivity contribution in [2.45, 2.75) is 6.92 Å². The molecule has 3 rings (SSSR count). The number of aromatic nitrogens is 3. The van der Waals surface area contributed by atoms with Crippen molar-refractivity contribution in [1.82, 2.24) is 15.2 Å². The molecule has 3 aromatic heterocycles. The molecule has 0 fully saturated rings. The van der Waals surface area contributed by atoms with Crippen molar-refractivity contribution in [2.75, 3.05) is 5.32 Å². The molecule has 0 aromatic carbocycles. The number of H-pyrrole nitrogens is 1. The van der Waals surface area contributed by atoms with Crippen LogP contribution in [0.3, 0.4) is 0 Å². The Kier molecular flexibility index (Phi) is 3.82. The first-order chi connectivity index (χ1) is 10.7. The predicted octanol–water partition coefficient (Wildman–Crippen LogP) is 3.03. The minimum Gasteiger partial charge on any atom is -0.462 e. The summed E-state index contributed by atoms with van der Waals surface area (Å²) in [5, 5.41) is 9.61. The Hall–Kier alpha value is -3.15. The Balaban J connectivity index is 1.65. The van der Waals surface area contributed by atoms with Crippen molar-refractivity contribution in [1.29, 1.82) is 0 Å². The molecule has 0 aliphatic rings. The van der Waals surface area contributed by atoms with Gasteiger partial charge in [-0.3, -0.25) is 14.9 Å². The number of rotatable bonds is 4. The quantitative estimate of drug-likeness (QED) is 0.724. The summed E-state index contributed by atoms with van der Waals surface area (Å²) in [7, 11) is 0. The first-order valence-electron chi connectivity index (χ1n) is 6.72. The van der Waals surface area contributed by atoms with Gasteiger partial charge in [-0.15, -0.1) is 0 Å². The van der Waals surface area contributed by atoms with Crippen LogP contribution in [0.2, 0.25) is 0 Å². The summed E-state index contributed by atoms with van der Waals surface area (Å²) in [5.41, 5.74) is 1.76. The average molecular weight is 294 g/mol. The minimum absolute atomic E-state index is 0.276. The van der Waals surface area contributed by atoms with Gasteiger partial charge in [0.1, 0.15) is 11.5 Å². The van der Waals surface area contributed by atoms with E-state index in [-0.39, 0.29) is 5.91 Å². The van der Waals surface area contributed by atoms with E-state index in [4.69, 9.17) is 4.42 Å². The van der Waals surface area contributed by atoms with E-state index >= 15 is 0 Å². The van der Waals surface area contributed by atoms with Crippen LogP contribution in [0.5, 0.6) is 0 Å². The Morgan fingerprint density at radius 1 is 1.27 bits per heavy atom. The molecule has 1 amide bonds.